The van der Waals surface area contributed by atoms with Crippen molar-refractivity contribution < 1.29 is 5.11 Å². The molecule has 0 aliphatic heterocycles. The van der Waals surface area contributed by atoms with Crippen molar-refractivity contribution in [2.45, 2.75) is 19.5 Å². The third-order valence-electron chi connectivity index (χ3n) is 2.75. The van der Waals surface area contributed by atoms with Crippen LogP contribution in [0.15, 0.2) is 47.1 Å². The summed E-state index contributed by atoms with van der Waals surface area (Å²) in [5.74, 6) is 0.294. The van der Waals surface area contributed by atoms with E-state index in [-0.39, 0.29) is 6.04 Å². The molecule has 2 aromatic rings. The standard InChI is InChI=1S/C14H15BrN2O/c1-10(11-3-2-4-14(18)7-11)16-9-13-6-5-12(15)8-17-13/h2-8,10,16,18H,9H2,1H3. The van der Waals surface area contributed by atoms with Gasteiger partial charge in [0.25, 0.3) is 0 Å². The second-order valence-electron chi connectivity index (χ2n) is 4.17. The minimum absolute atomic E-state index is 0.169. The first-order chi connectivity index (χ1) is 8.65. The van der Waals surface area contributed by atoms with Gasteiger partial charge in [0.05, 0.1) is 5.69 Å². The number of aromatic hydroxyl groups is 1. The van der Waals surface area contributed by atoms with Crippen molar-refractivity contribution in [3.05, 3.63) is 58.3 Å². The van der Waals surface area contributed by atoms with Gasteiger partial charge >= 0.3 is 0 Å². The average Bonchev–Trinajstić information content (AvgIpc) is 2.38. The Kier molecular flexibility index (Phi) is 4.33. The normalized spacial score (nSPS) is 12.3. The molecule has 4 heteroatoms. The van der Waals surface area contributed by atoms with Gasteiger partial charge in [-0.15, -0.1) is 0 Å². The van der Waals surface area contributed by atoms with Gasteiger partial charge in [-0.25, -0.2) is 0 Å². The summed E-state index contributed by atoms with van der Waals surface area (Å²) in [4.78, 5) is 4.30. The number of halogens is 1. The molecule has 0 spiro atoms. The van der Waals surface area contributed by atoms with Crippen LogP contribution in [-0.2, 0) is 6.54 Å². The number of phenols is 1. The number of nitrogens with zero attached hydrogens (tertiary/aromatic N) is 1. The molecule has 2 N–H and O–H groups in total. The maximum atomic E-state index is 9.43. The van der Waals surface area contributed by atoms with Crippen LogP contribution in [-0.4, -0.2) is 10.1 Å². The Hall–Kier alpha value is -1.39. The van der Waals surface area contributed by atoms with Crippen molar-refractivity contribution in [1.29, 1.82) is 0 Å². The van der Waals surface area contributed by atoms with Crippen molar-refractivity contribution in [2.75, 3.05) is 0 Å². The van der Waals surface area contributed by atoms with Gasteiger partial charge in [0.2, 0.25) is 0 Å². The lowest BCUT2D eigenvalue weighted by atomic mass is 10.1. The fourth-order valence-corrected chi connectivity index (χ4v) is 1.92. The molecule has 3 nitrogen and oxygen atoms in total. The van der Waals surface area contributed by atoms with E-state index < -0.39 is 0 Å². The Bertz CT molecular complexity index is 513. The first-order valence-corrected chi connectivity index (χ1v) is 6.57. The van der Waals surface area contributed by atoms with Crippen LogP contribution in [0.25, 0.3) is 0 Å². The van der Waals surface area contributed by atoms with Gasteiger partial charge in [0, 0.05) is 23.3 Å². The topological polar surface area (TPSA) is 45.2 Å². The Labute approximate surface area is 115 Å². The molecule has 18 heavy (non-hydrogen) atoms. The van der Waals surface area contributed by atoms with E-state index in [9.17, 15) is 5.11 Å². The lowest BCUT2D eigenvalue weighted by Gasteiger charge is -2.14. The van der Waals surface area contributed by atoms with Crippen molar-refractivity contribution in [3.63, 3.8) is 0 Å². The monoisotopic (exact) mass is 306 g/mol. The second kappa shape index (κ2) is 5.98. The first kappa shape index (κ1) is 13.1. The summed E-state index contributed by atoms with van der Waals surface area (Å²) in [7, 11) is 0. The molecule has 2 rings (SSSR count). The summed E-state index contributed by atoms with van der Waals surface area (Å²) in [6, 6.07) is 11.4. The summed E-state index contributed by atoms with van der Waals surface area (Å²) >= 11 is 3.36. The van der Waals surface area contributed by atoms with Crippen LogP contribution in [0.3, 0.4) is 0 Å². The van der Waals surface area contributed by atoms with E-state index in [1.165, 1.54) is 0 Å². The van der Waals surface area contributed by atoms with E-state index in [4.69, 9.17) is 0 Å². The minimum atomic E-state index is 0.169. The van der Waals surface area contributed by atoms with Crippen molar-refractivity contribution in [1.82, 2.24) is 10.3 Å². The van der Waals surface area contributed by atoms with E-state index >= 15 is 0 Å². The Morgan fingerprint density at radius 3 is 2.83 bits per heavy atom. The van der Waals surface area contributed by atoms with Gasteiger partial charge in [-0.05, 0) is 52.7 Å². The molecule has 1 heterocycles. The average molecular weight is 307 g/mol. The maximum Gasteiger partial charge on any atom is 0.115 e. The third-order valence-corrected chi connectivity index (χ3v) is 3.22. The van der Waals surface area contributed by atoms with Crippen LogP contribution in [0.5, 0.6) is 5.75 Å². The van der Waals surface area contributed by atoms with Gasteiger partial charge in [0.15, 0.2) is 0 Å². The summed E-state index contributed by atoms with van der Waals surface area (Å²) in [6.45, 7) is 2.76. The number of pyridine rings is 1. The predicted molar refractivity (Wildman–Crippen MR) is 75.3 cm³/mol. The Morgan fingerprint density at radius 2 is 2.17 bits per heavy atom. The zero-order chi connectivity index (χ0) is 13.0. The number of aromatic nitrogens is 1. The van der Waals surface area contributed by atoms with Crippen molar-refractivity contribution >= 4 is 15.9 Å². The molecule has 1 aromatic heterocycles. The molecular formula is C14H15BrN2O. The number of hydrogen-bond donors (Lipinski definition) is 2. The highest BCUT2D eigenvalue weighted by atomic mass is 79.9. The second-order valence-corrected chi connectivity index (χ2v) is 5.08. The number of nitrogens with one attached hydrogen (secondary N) is 1. The van der Waals surface area contributed by atoms with Crippen LogP contribution in [0.2, 0.25) is 0 Å². The van der Waals surface area contributed by atoms with Crippen molar-refractivity contribution in [3.8, 4) is 5.75 Å². The molecular weight excluding hydrogens is 292 g/mol. The van der Waals surface area contributed by atoms with E-state index in [0.717, 1.165) is 15.7 Å². The van der Waals surface area contributed by atoms with Crippen molar-refractivity contribution in [2.24, 2.45) is 0 Å². The van der Waals surface area contributed by atoms with Gasteiger partial charge < -0.3 is 10.4 Å². The highest BCUT2D eigenvalue weighted by molar-refractivity contribution is 9.10. The molecule has 94 valence electrons. The van der Waals surface area contributed by atoms with E-state index in [1.54, 1.807) is 18.3 Å². The molecule has 1 aromatic carbocycles. The third kappa shape index (κ3) is 3.55. The molecule has 0 amide bonds. The Morgan fingerprint density at radius 1 is 1.33 bits per heavy atom. The molecule has 0 saturated carbocycles. The van der Waals surface area contributed by atoms with Gasteiger partial charge in [-0.3, -0.25) is 4.98 Å². The van der Waals surface area contributed by atoms with E-state index in [0.29, 0.717) is 12.3 Å². The first-order valence-electron chi connectivity index (χ1n) is 5.78. The summed E-state index contributed by atoms with van der Waals surface area (Å²) < 4.78 is 0.979. The largest absolute Gasteiger partial charge is 0.508 e. The van der Waals surface area contributed by atoms with Gasteiger partial charge in [-0.2, -0.15) is 0 Å². The molecule has 0 aliphatic rings. The van der Waals surface area contributed by atoms with Crippen LogP contribution in [0.4, 0.5) is 0 Å². The summed E-state index contributed by atoms with van der Waals surface area (Å²) in [5.41, 5.74) is 2.05. The number of phenolic OH excluding ortho intramolecular Hbond substituents is 1. The zero-order valence-corrected chi connectivity index (χ0v) is 11.7. The minimum Gasteiger partial charge on any atom is -0.508 e. The van der Waals surface area contributed by atoms with Crippen LogP contribution in [0.1, 0.15) is 24.2 Å². The fourth-order valence-electron chi connectivity index (χ4n) is 1.68. The zero-order valence-electron chi connectivity index (χ0n) is 10.1. The molecule has 1 unspecified atom stereocenters. The number of benzene rings is 1. The lowest BCUT2D eigenvalue weighted by Crippen LogP contribution is -2.18. The molecule has 0 aliphatic carbocycles. The molecule has 0 radical (unpaired) electrons. The Balaban J connectivity index is 1.96. The number of hydrogen-bond acceptors (Lipinski definition) is 3. The smallest absolute Gasteiger partial charge is 0.115 e. The highest BCUT2D eigenvalue weighted by Crippen LogP contribution is 2.18. The summed E-state index contributed by atoms with van der Waals surface area (Å²) in [5, 5.41) is 12.8. The molecule has 0 fully saturated rings. The fraction of sp³-hybridized carbons (Fsp3) is 0.214. The molecule has 0 saturated heterocycles. The quantitative estimate of drug-likeness (QED) is 0.910. The van der Waals surface area contributed by atoms with E-state index in [2.05, 4.69) is 33.2 Å². The van der Waals surface area contributed by atoms with E-state index in [1.807, 2.05) is 24.3 Å². The predicted octanol–water partition coefficient (Wildman–Crippen LogP) is 3.40. The van der Waals surface area contributed by atoms with Crippen LogP contribution < -0.4 is 5.32 Å². The highest BCUT2D eigenvalue weighted by Gasteiger charge is 2.05. The number of rotatable bonds is 4. The molecule has 0 bridgehead atoms. The lowest BCUT2D eigenvalue weighted by molar-refractivity contribution is 0.472. The van der Waals surface area contributed by atoms with Crippen LogP contribution >= 0.6 is 15.9 Å². The SMILES string of the molecule is CC(NCc1ccc(Br)cn1)c1cccc(O)c1. The van der Waals surface area contributed by atoms with Gasteiger partial charge in [-0.1, -0.05) is 12.1 Å². The van der Waals surface area contributed by atoms with Gasteiger partial charge in [0.1, 0.15) is 5.75 Å². The maximum absolute atomic E-state index is 9.43. The summed E-state index contributed by atoms with van der Waals surface area (Å²) in [6.07, 6.45) is 1.79. The molecule has 1 atom stereocenters. The van der Waals surface area contributed by atoms with Crippen LogP contribution in [0, 0.1) is 0 Å².